The number of hydrogen-bond donors (Lipinski definition) is 1. The second kappa shape index (κ2) is 6.00. The Morgan fingerprint density at radius 3 is 3.00 bits per heavy atom. The lowest BCUT2D eigenvalue weighted by Gasteiger charge is -2.19. The molecule has 18 heavy (non-hydrogen) atoms. The first-order valence-corrected chi connectivity index (χ1v) is 6.55. The number of ether oxygens (including phenoxy) is 1. The average molecular weight is 250 g/mol. The molecule has 0 amide bonds. The van der Waals surface area contributed by atoms with Gasteiger partial charge in [0.2, 0.25) is 11.8 Å². The maximum Gasteiger partial charge on any atom is 0.225 e. The Morgan fingerprint density at radius 1 is 1.50 bits per heavy atom. The van der Waals surface area contributed by atoms with Gasteiger partial charge in [-0.15, -0.1) is 0 Å². The van der Waals surface area contributed by atoms with Crippen molar-refractivity contribution in [1.29, 1.82) is 0 Å². The second-order valence-corrected chi connectivity index (χ2v) is 4.83. The summed E-state index contributed by atoms with van der Waals surface area (Å²) in [7, 11) is 4.00. The SMILES string of the molecule is CNc1nc(C)cc(OCCC2CCCN2C)n1. The molecule has 1 atom stereocenters. The molecule has 1 N–H and O–H groups in total. The summed E-state index contributed by atoms with van der Waals surface area (Å²) in [6, 6.07) is 2.54. The first-order chi connectivity index (χ1) is 8.69. The van der Waals surface area contributed by atoms with Crippen molar-refractivity contribution in [1.82, 2.24) is 14.9 Å². The second-order valence-electron chi connectivity index (χ2n) is 4.83. The highest BCUT2D eigenvalue weighted by Gasteiger charge is 2.20. The van der Waals surface area contributed by atoms with Gasteiger partial charge in [-0.25, -0.2) is 4.98 Å². The molecular formula is C13H22N4O. The van der Waals surface area contributed by atoms with E-state index in [2.05, 4.69) is 27.2 Å². The lowest BCUT2D eigenvalue weighted by molar-refractivity contribution is 0.228. The zero-order valence-electron chi connectivity index (χ0n) is 11.4. The first-order valence-electron chi connectivity index (χ1n) is 6.55. The van der Waals surface area contributed by atoms with E-state index in [9.17, 15) is 0 Å². The molecule has 5 nitrogen and oxygen atoms in total. The average Bonchev–Trinajstić information content (AvgIpc) is 2.74. The molecule has 100 valence electrons. The minimum Gasteiger partial charge on any atom is -0.477 e. The molecule has 1 aliphatic heterocycles. The van der Waals surface area contributed by atoms with Crippen molar-refractivity contribution in [3.8, 4) is 5.88 Å². The van der Waals surface area contributed by atoms with Gasteiger partial charge in [-0.3, -0.25) is 0 Å². The van der Waals surface area contributed by atoms with Gasteiger partial charge in [-0.1, -0.05) is 0 Å². The van der Waals surface area contributed by atoms with E-state index in [0.29, 0.717) is 24.5 Å². The number of nitrogens with one attached hydrogen (secondary N) is 1. The van der Waals surface area contributed by atoms with E-state index < -0.39 is 0 Å². The molecule has 2 heterocycles. The van der Waals surface area contributed by atoms with Crippen molar-refractivity contribution in [3.63, 3.8) is 0 Å². The predicted octanol–water partition coefficient (Wildman–Crippen LogP) is 1.69. The summed E-state index contributed by atoms with van der Waals surface area (Å²) < 4.78 is 5.72. The highest BCUT2D eigenvalue weighted by molar-refractivity contribution is 5.29. The Labute approximate surface area is 109 Å². The molecule has 1 aromatic rings. The predicted molar refractivity (Wildman–Crippen MR) is 72.1 cm³/mol. The topological polar surface area (TPSA) is 50.3 Å². The first kappa shape index (κ1) is 13.1. The van der Waals surface area contributed by atoms with Crippen molar-refractivity contribution in [3.05, 3.63) is 11.8 Å². The van der Waals surface area contributed by atoms with Crippen LogP contribution in [-0.4, -0.2) is 48.2 Å². The standard InChI is InChI=1S/C13H22N4O/c1-10-9-12(16-13(14-2)15-10)18-8-6-11-5-4-7-17(11)3/h9,11H,4-8H2,1-3H3,(H,14,15,16). The molecule has 1 fully saturated rings. The third-order valence-corrected chi connectivity index (χ3v) is 3.43. The van der Waals surface area contributed by atoms with E-state index in [1.807, 2.05) is 20.0 Å². The summed E-state index contributed by atoms with van der Waals surface area (Å²) in [5.74, 6) is 1.27. The third-order valence-electron chi connectivity index (χ3n) is 3.43. The van der Waals surface area contributed by atoms with Crippen LogP contribution in [0, 0.1) is 6.92 Å². The van der Waals surface area contributed by atoms with E-state index in [4.69, 9.17) is 4.74 Å². The third kappa shape index (κ3) is 3.32. The van der Waals surface area contributed by atoms with E-state index in [1.165, 1.54) is 19.4 Å². The van der Waals surface area contributed by atoms with Crippen LogP contribution in [0.5, 0.6) is 5.88 Å². The van der Waals surface area contributed by atoms with Gasteiger partial charge in [0.25, 0.3) is 0 Å². The summed E-state index contributed by atoms with van der Waals surface area (Å²) >= 11 is 0. The molecule has 0 radical (unpaired) electrons. The van der Waals surface area contributed by atoms with Crippen LogP contribution >= 0.6 is 0 Å². The Bertz CT molecular complexity index is 397. The Morgan fingerprint density at radius 2 is 2.33 bits per heavy atom. The van der Waals surface area contributed by atoms with Crippen molar-refractivity contribution in [2.24, 2.45) is 0 Å². The van der Waals surface area contributed by atoms with Gasteiger partial charge in [0, 0.05) is 24.8 Å². The van der Waals surface area contributed by atoms with Crippen LogP contribution in [0.4, 0.5) is 5.95 Å². The van der Waals surface area contributed by atoms with Crippen LogP contribution in [0.3, 0.4) is 0 Å². The number of hydrogen-bond acceptors (Lipinski definition) is 5. The zero-order chi connectivity index (χ0) is 13.0. The molecule has 1 aromatic heterocycles. The maximum atomic E-state index is 5.72. The van der Waals surface area contributed by atoms with Crippen LogP contribution in [-0.2, 0) is 0 Å². The molecule has 1 saturated heterocycles. The Hall–Kier alpha value is -1.36. The molecular weight excluding hydrogens is 228 g/mol. The van der Waals surface area contributed by atoms with Gasteiger partial charge in [-0.05, 0) is 39.8 Å². The van der Waals surface area contributed by atoms with Crippen molar-refractivity contribution in [2.45, 2.75) is 32.2 Å². The van der Waals surface area contributed by atoms with Crippen molar-refractivity contribution < 1.29 is 4.74 Å². The van der Waals surface area contributed by atoms with E-state index in [0.717, 1.165) is 12.1 Å². The summed E-state index contributed by atoms with van der Waals surface area (Å²) in [5.41, 5.74) is 0.919. The van der Waals surface area contributed by atoms with Crippen LogP contribution in [0.25, 0.3) is 0 Å². The highest BCUT2D eigenvalue weighted by atomic mass is 16.5. The van der Waals surface area contributed by atoms with Crippen LogP contribution in [0.1, 0.15) is 25.0 Å². The molecule has 0 bridgehead atoms. The van der Waals surface area contributed by atoms with Gasteiger partial charge in [-0.2, -0.15) is 4.98 Å². The summed E-state index contributed by atoms with van der Waals surface area (Å²) in [6.45, 7) is 3.87. The minimum absolute atomic E-state index is 0.614. The molecule has 0 spiro atoms. The van der Waals surface area contributed by atoms with E-state index in [-0.39, 0.29) is 0 Å². The Balaban J connectivity index is 1.84. The number of anilines is 1. The molecule has 5 heteroatoms. The molecule has 1 unspecified atom stereocenters. The maximum absolute atomic E-state index is 5.72. The van der Waals surface area contributed by atoms with E-state index >= 15 is 0 Å². The highest BCUT2D eigenvalue weighted by Crippen LogP contribution is 2.18. The summed E-state index contributed by atoms with van der Waals surface area (Å²) in [5, 5.41) is 2.94. The molecule has 0 aromatic carbocycles. The lowest BCUT2D eigenvalue weighted by Crippen LogP contribution is -2.26. The minimum atomic E-state index is 0.614. The number of nitrogens with zero attached hydrogens (tertiary/aromatic N) is 3. The van der Waals surface area contributed by atoms with Crippen molar-refractivity contribution >= 4 is 5.95 Å². The molecule has 1 aliphatic rings. The summed E-state index contributed by atoms with van der Waals surface area (Å²) in [6.07, 6.45) is 3.65. The fourth-order valence-corrected chi connectivity index (χ4v) is 2.37. The smallest absolute Gasteiger partial charge is 0.225 e. The van der Waals surface area contributed by atoms with E-state index in [1.54, 1.807) is 0 Å². The lowest BCUT2D eigenvalue weighted by atomic mass is 10.1. The van der Waals surface area contributed by atoms with Gasteiger partial charge in [0.1, 0.15) is 0 Å². The molecule has 0 aliphatic carbocycles. The fraction of sp³-hybridized carbons (Fsp3) is 0.692. The zero-order valence-corrected chi connectivity index (χ0v) is 11.4. The largest absolute Gasteiger partial charge is 0.477 e. The molecule has 0 saturated carbocycles. The van der Waals surface area contributed by atoms with Gasteiger partial charge in [0.05, 0.1) is 6.61 Å². The monoisotopic (exact) mass is 250 g/mol. The van der Waals surface area contributed by atoms with Crippen molar-refractivity contribution in [2.75, 3.05) is 32.6 Å². The van der Waals surface area contributed by atoms with Gasteiger partial charge in [0.15, 0.2) is 0 Å². The summed E-state index contributed by atoms with van der Waals surface area (Å²) in [4.78, 5) is 10.9. The number of rotatable bonds is 5. The fourth-order valence-electron chi connectivity index (χ4n) is 2.37. The Kier molecular flexibility index (Phi) is 4.36. The van der Waals surface area contributed by atoms with Crippen LogP contribution in [0.15, 0.2) is 6.07 Å². The van der Waals surface area contributed by atoms with Crippen LogP contribution in [0.2, 0.25) is 0 Å². The van der Waals surface area contributed by atoms with Crippen LogP contribution < -0.4 is 10.1 Å². The normalized spacial score (nSPS) is 20.1. The van der Waals surface area contributed by atoms with Gasteiger partial charge >= 0.3 is 0 Å². The number of aryl methyl sites for hydroxylation is 1. The quantitative estimate of drug-likeness (QED) is 0.862. The van der Waals surface area contributed by atoms with Gasteiger partial charge < -0.3 is 15.0 Å². The molecule has 2 rings (SSSR count). The number of likely N-dealkylation sites (tertiary alicyclic amines) is 1. The number of aromatic nitrogens is 2.